The molecule has 0 bridgehead atoms. The Bertz CT molecular complexity index is 1510. The summed E-state index contributed by atoms with van der Waals surface area (Å²) in [5.41, 5.74) is 6.85. The molecule has 5 rings (SSSR count). The Morgan fingerprint density at radius 3 is 1.65 bits per heavy atom. The van der Waals surface area contributed by atoms with Gasteiger partial charge in [0.1, 0.15) is 17.3 Å². The molecule has 184 valence electrons. The lowest BCUT2D eigenvalue weighted by molar-refractivity contribution is 0.416. The highest BCUT2D eigenvalue weighted by molar-refractivity contribution is 5.77. The molecule has 6 nitrogen and oxygen atoms in total. The topological polar surface area (TPSA) is 68.3 Å². The normalized spacial score (nSPS) is 10.6. The zero-order valence-corrected chi connectivity index (χ0v) is 21.0. The maximum absolute atomic E-state index is 5.60. The lowest BCUT2D eigenvalue weighted by atomic mass is 10.0. The molecule has 0 spiro atoms. The van der Waals surface area contributed by atoms with Crippen LogP contribution in [0.1, 0.15) is 5.56 Å². The Morgan fingerprint density at radius 1 is 0.622 bits per heavy atom. The molecule has 1 aromatic heterocycles. The van der Waals surface area contributed by atoms with Crippen molar-refractivity contribution >= 4 is 23.1 Å². The van der Waals surface area contributed by atoms with Crippen molar-refractivity contribution in [2.45, 2.75) is 6.92 Å². The van der Waals surface area contributed by atoms with Crippen LogP contribution < -0.4 is 20.1 Å². The summed E-state index contributed by atoms with van der Waals surface area (Å²) in [5.74, 6) is 2.83. The van der Waals surface area contributed by atoms with Crippen molar-refractivity contribution < 1.29 is 9.47 Å². The molecule has 0 saturated heterocycles. The van der Waals surface area contributed by atoms with Crippen molar-refractivity contribution in [2.24, 2.45) is 0 Å². The molecule has 0 fully saturated rings. The highest BCUT2D eigenvalue weighted by atomic mass is 16.5. The largest absolute Gasteiger partial charge is 0.496 e. The summed E-state index contributed by atoms with van der Waals surface area (Å²) in [6, 6.07) is 32.3. The summed E-state index contributed by atoms with van der Waals surface area (Å²) in [7, 11) is 3.36. The lowest BCUT2D eigenvalue weighted by Crippen LogP contribution is -2.03. The van der Waals surface area contributed by atoms with Crippen molar-refractivity contribution in [2.75, 3.05) is 24.9 Å². The highest BCUT2D eigenvalue weighted by Gasteiger charge is 2.11. The van der Waals surface area contributed by atoms with Crippen molar-refractivity contribution in [1.29, 1.82) is 0 Å². The second-order valence-electron chi connectivity index (χ2n) is 8.54. The number of hydrogen-bond donors (Lipinski definition) is 2. The van der Waals surface area contributed by atoms with Gasteiger partial charge in [-0.05, 0) is 54.4 Å². The number of methoxy groups -OCH3 is 2. The third-order valence-corrected chi connectivity index (χ3v) is 6.06. The lowest BCUT2D eigenvalue weighted by Gasteiger charge is -2.15. The molecule has 5 aromatic rings. The minimum atomic E-state index is 0.495. The number of aromatic nitrogens is 2. The van der Waals surface area contributed by atoms with Crippen LogP contribution in [0.4, 0.5) is 23.1 Å². The first kappa shape index (κ1) is 23.9. The van der Waals surface area contributed by atoms with Crippen LogP contribution in [0.5, 0.6) is 11.5 Å². The van der Waals surface area contributed by atoms with Crippen LogP contribution in [0.15, 0.2) is 103 Å². The molecule has 0 unspecified atom stereocenters. The average molecular weight is 489 g/mol. The maximum Gasteiger partial charge on any atom is 0.229 e. The zero-order chi connectivity index (χ0) is 25.6. The minimum absolute atomic E-state index is 0.495. The number of rotatable bonds is 8. The predicted molar refractivity (Wildman–Crippen MR) is 150 cm³/mol. The Kier molecular flexibility index (Phi) is 6.99. The molecule has 2 N–H and O–H groups in total. The van der Waals surface area contributed by atoms with Gasteiger partial charge in [0.25, 0.3) is 0 Å². The molecule has 0 radical (unpaired) electrons. The number of nitrogens with zero attached hydrogens (tertiary/aromatic N) is 2. The summed E-state index contributed by atoms with van der Waals surface area (Å²) in [6.07, 6.45) is 1.81. The van der Waals surface area contributed by atoms with Gasteiger partial charge in [0.2, 0.25) is 5.95 Å². The van der Waals surface area contributed by atoms with E-state index in [9.17, 15) is 0 Å². The van der Waals surface area contributed by atoms with E-state index in [4.69, 9.17) is 14.5 Å². The second-order valence-corrected chi connectivity index (χ2v) is 8.54. The van der Waals surface area contributed by atoms with Crippen LogP contribution in [0.2, 0.25) is 0 Å². The number of nitrogens with one attached hydrogen (secondary N) is 2. The van der Waals surface area contributed by atoms with Crippen LogP contribution >= 0.6 is 0 Å². The number of benzene rings is 4. The van der Waals surface area contributed by atoms with E-state index in [1.807, 2.05) is 73.7 Å². The van der Waals surface area contributed by atoms with Crippen LogP contribution in [0.25, 0.3) is 22.3 Å². The summed E-state index contributed by atoms with van der Waals surface area (Å²) >= 11 is 0. The van der Waals surface area contributed by atoms with Gasteiger partial charge in [-0.1, -0.05) is 60.7 Å². The molecule has 37 heavy (non-hydrogen) atoms. The van der Waals surface area contributed by atoms with Gasteiger partial charge in [-0.15, -0.1) is 0 Å². The number of ether oxygens (including phenoxy) is 2. The van der Waals surface area contributed by atoms with Crippen LogP contribution in [-0.4, -0.2) is 24.2 Å². The molecule has 4 aromatic carbocycles. The molecule has 1 heterocycles. The second kappa shape index (κ2) is 10.8. The van der Waals surface area contributed by atoms with Crippen molar-refractivity contribution in [3.8, 4) is 33.8 Å². The van der Waals surface area contributed by atoms with Gasteiger partial charge in [0, 0.05) is 34.3 Å². The molecule has 0 atom stereocenters. The fraction of sp³-hybridized carbons (Fsp3) is 0.0968. The molecule has 0 saturated carbocycles. The summed E-state index contributed by atoms with van der Waals surface area (Å²) in [5, 5.41) is 6.79. The minimum Gasteiger partial charge on any atom is -0.496 e. The first-order chi connectivity index (χ1) is 18.1. The zero-order valence-electron chi connectivity index (χ0n) is 21.0. The Morgan fingerprint density at radius 2 is 1.14 bits per heavy atom. The first-order valence-corrected chi connectivity index (χ1v) is 12.0. The van der Waals surface area contributed by atoms with Gasteiger partial charge >= 0.3 is 0 Å². The number of hydrogen-bond acceptors (Lipinski definition) is 6. The van der Waals surface area contributed by atoms with Gasteiger partial charge in [-0.3, -0.25) is 0 Å². The van der Waals surface area contributed by atoms with E-state index >= 15 is 0 Å². The fourth-order valence-electron chi connectivity index (χ4n) is 4.15. The van der Waals surface area contributed by atoms with Crippen molar-refractivity contribution in [3.05, 3.63) is 109 Å². The van der Waals surface area contributed by atoms with Crippen LogP contribution in [-0.2, 0) is 0 Å². The molecule has 0 aliphatic carbocycles. The Hall–Kier alpha value is -4.84. The monoisotopic (exact) mass is 488 g/mol. The van der Waals surface area contributed by atoms with Crippen molar-refractivity contribution in [3.63, 3.8) is 0 Å². The van der Waals surface area contributed by atoms with E-state index in [2.05, 4.69) is 45.9 Å². The van der Waals surface area contributed by atoms with E-state index in [0.717, 1.165) is 56.5 Å². The fourth-order valence-corrected chi connectivity index (χ4v) is 4.15. The molecule has 0 amide bonds. The standard InChI is InChI=1S/C31H28N4O2/c1-21-20-32-31(34-25-15-17-29(37-3)27(19-25)23-12-8-5-9-13-23)35-30(21)33-24-14-16-28(36-2)26(18-24)22-10-6-4-7-11-22/h4-20H,1-3H3,(H2,32,33,34,35). The summed E-state index contributed by atoms with van der Waals surface area (Å²) in [6.45, 7) is 1.98. The highest BCUT2D eigenvalue weighted by Crippen LogP contribution is 2.35. The smallest absolute Gasteiger partial charge is 0.229 e. The van der Waals surface area contributed by atoms with E-state index in [-0.39, 0.29) is 0 Å². The van der Waals surface area contributed by atoms with Gasteiger partial charge in [-0.25, -0.2) is 4.98 Å². The van der Waals surface area contributed by atoms with Crippen LogP contribution in [0.3, 0.4) is 0 Å². The third kappa shape index (κ3) is 5.38. The molecule has 0 aliphatic rings. The number of anilines is 4. The molecular weight excluding hydrogens is 460 g/mol. The van der Waals surface area contributed by atoms with Gasteiger partial charge < -0.3 is 20.1 Å². The molecule has 6 heteroatoms. The Balaban J connectivity index is 1.42. The van der Waals surface area contributed by atoms with Gasteiger partial charge in [0.15, 0.2) is 0 Å². The summed E-state index contributed by atoms with van der Waals surface area (Å²) < 4.78 is 11.2. The average Bonchev–Trinajstić information content (AvgIpc) is 2.95. The van der Waals surface area contributed by atoms with E-state index in [1.54, 1.807) is 20.4 Å². The maximum atomic E-state index is 5.60. The van der Waals surface area contributed by atoms with E-state index in [0.29, 0.717) is 5.95 Å². The summed E-state index contributed by atoms with van der Waals surface area (Å²) in [4.78, 5) is 9.26. The third-order valence-electron chi connectivity index (χ3n) is 6.06. The molecule has 0 aliphatic heterocycles. The van der Waals surface area contributed by atoms with Gasteiger partial charge in [-0.2, -0.15) is 4.98 Å². The first-order valence-electron chi connectivity index (χ1n) is 12.0. The quantitative estimate of drug-likeness (QED) is 0.234. The van der Waals surface area contributed by atoms with E-state index < -0.39 is 0 Å². The van der Waals surface area contributed by atoms with Crippen LogP contribution in [0, 0.1) is 6.92 Å². The van der Waals surface area contributed by atoms with Gasteiger partial charge in [0.05, 0.1) is 14.2 Å². The number of aryl methyl sites for hydroxylation is 1. The van der Waals surface area contributed by atoms with Crippen molar-refractivity contribution in [1.82, 2.24) is 9.97 Å². The SMILES string of the molecule is COc1ccc(Nc2ncc(C)c(Nc3ccc(OC)c(-c4ccccc4)c3)n2)cc1-c1ccccc1. The van der Waals surface area contributed by atoms with E-state index in [1.165, 1.54) is 0 Å². The predicted octanol–water partition coefficient (Wildman–Crippen LogP) is 7.62. The molecular formula is C31H28N4O2. The Labute approximate surface area is 217 Å².